The molecule has 0 spiro atoms. The van der Waals surface area contributed by atoms with Crippen molar-refractivity contribution in [2.45, 2.75) is 19.3 Å². The lowest BCUT2D eigenvalue weighted by molar-refractivity contribution is -0.00555. The quantitative estimate of drug-likeness (QED) is 0.517. The van der Waals surface area contributed by atoms with Gasteiger partial charge in [0.15, 0.2) is 0 Å². The Morgan fingerprint density at radius 1 is 1.27 bits per heavy atom. The summed E-state index contributed by atoms with van der Waals surface area (Å²) in [6.07, 6.45) is 6.77. The summed E-state index contributed by atoms with van der Waals surface area (Å²) in [6, 6.07) is 0. The smallest absolute Gasteiger partial charge is 0.297 e. The molecule has 1 aliphatic carbocycles. The molecule has 0 unspecified atom stereocenters. The van der Waals surface area contributed by atoms with Gasteiger partial charge in [-0.15, -0.1) is 12.4 Å². The lowest BCUT2D eigenvalue weighted by Gasteiger charge is -2.21. The Hall–Kier alpha value is -0.760. The Labute approximate surface area is 100 Å². The van der Waals surface area contributed by atoms with Crippen LogP contribution in [0.15, 0.2) is 22.9 Å². The summed E-state index contributed by atoms with van der Waals surface area (Å²) >= 11 is 6.13. The second-order valence-corrected chi connectivity index (χ2v) is 4.04. The molecule has 0 aromatic rings. The molecule has 5 heteroatoms. The molecule has 0 radical (unpaired) electrons. The molecule has 3 nitrogen and oxygen atoms in total. The average Bonchev–Trinajstić information content (AvgIpc) is 2.70. The lowest BCUT2D eigenvalue weighted by atomic mass is 10.1. The molecule has 1 heterocycles. The highest BCUT2D eigenvalue weighted by atomic mass is 35.5. The number of likely N-dealkylation sites (tertiary alicyclic amines) is 1. The van der Waals surface area contributed by atoms with Crippen molar-refractivity contribution in [3.8, 4) is 0 Å². The first kappa shape index (κ1) is 12.3. The van der Waals surface area contributed by atoms with E-state index in [4.69, 9.17) is 17.1 Å². The fourth-order valence-corrected chi connectivity index (χ4v) is 2.20. The summed E-state index contributed by atoms with van der Waals surface area (Å²) < 4.78 is 0. The van der Waals surface area contributed by atoms with E-state index >= 15 is 0 Å². The third-order valence-corrected chi connectivity index (χ3v) is 2.95. The molecule has 0 amide bonds. The SMILES string of the molecule is Cl.[N-]=[N+]=C1C=CC(N2CCCC2)=C(Cl)C1. The number of rotatable bonds is 1. The molecular weight excluding hydrogens is 233 g/mol. The van der Waals surface area contributed by atoms with Crippen LogP contribution in [-0.2, 0) is 0 Å². The van der Waals surface area contributed by atoms with Crippen LogP contribution in [0.25, 0.3) is 5.53 Å². The maximum atomic E-state index is 8.60. The van der Waals surface area contributed by atoms with Gasteiger partial charge >= 0.3 is 0 Å². The maximum Gasteiger partial charge on any atom is 0.297 e. The summed E-state index contributed by atoms with van der Waals surface area (Å²) in [4.78, 5) is 5.44. The minimum absolute atomic E-state index is 0. The van der Waals surface area contributed by atoms with E-state index in [2.05, 4.69) is 9.69 Å². The Morgan fingerprint density at radius 2 is 1.93 bits per heavy atom. The van der Waals surface area contributed by atoms with E-state index in [0.29, 0.717) is 12.1 Å². The Bertz CT molecular complexity index is 348. The zero-order chi connectivity index (χ0) is 9.97. The third-order valence-electron chi connectivity index (χ3n) is 2.62. The van der Waals surface area contributed by atoms with Crippen LogP contribution < -0.4 is 0 Å². The highest BCUT2D eigenvalue weighted by molar-refractivity contribution is 6.32. The zero-order valence-electron chi connectivity index (χ0n) is 8.32. The highest BCUT2D eigenvalue weighted by Crippen LogP contribution is 2.26. The second-order valence-electron chi connectivity index (χ2n) is 3.59. The summed E-state index contributed by atoms with van der Waals surface area (Å²) in [5.41, 5.74) is 10.3. The van der Waals surface area contributed by atoms with Crippen molar-refractivity contribution in [1.82, 2.24) is 4.90 Å². The van der Waals surface area contributed by atoms with Gasteiger partial charge in [-0.25, -0.2) is 0 Å². The molecule has 15 heavy (non-hydrogen) atoms. The summed E-state index contributed by atoms with van der Waals surface area (Å²) in [6.45, 7) is 2.17. The van der Waals surface area contributed by atoms with Crippen molar-refractivity contribution in [2.24, 2.45) is 0 Å². The summed E-state index contributed by atoms with van der Waals surface area (Å²) in [7, 11) is 0. The van der Waals surface area contributed by atoms with E-state index < -0.39 is 0 Å². The first-order chi connectivity index (χ1) is 6.81. The zero-order valence-corrected chi connectivity index (χ0v) is 9.89. The number of halogens is 2. The predicted octanol–water partition coefficient (Wildman–Crippen LogP) is 2.59. The Kier molecular flexibility index (Phi) is 4.40. The molecule has 0 saturated carbocycles. The minimum Gasteiger partial charge on any atom is -0.371 e. The van der Waals surface area contributed by atoms with Gasteiger partial charge in [0.1, 0.15) is 0 Å². The molecule has 0 aromatic carbocycles. The predicted molar refractivity (Wildman–Crippen MR) is 63.3 cm³/mol. The fourth-order valence-electron chi connectivity index (χ4n) is 1.88. The third kappa shape index (κ3) is 2.63. The van der Waals surface area contributed by atoms with Crippen LogP contribution in [0.3, 0.4) is 0 Å². The van der Waals surface area contributed by atoms with E-state index in [1.807, 2.05) is 12.2 Å². The van der Waals surface area contributed by atoms with Gasteiger partial charge in [-0.05, 0) is 18.9 Å². The number of hydrogen-bond acceptors (Lipinski definition) is 1. The summed E-state index contributed by atoms with van der Waals surface area (Å²) in [5, 5.41) is 0.780. The van der Waals surface area contributed by atoms with Crippen LogP contribution in [-0.4, -0.2) is 28.5 Å². The normalized spacial score (nSPS) is 20.3. The van der Waals surface area contributed by atoms with Crippen LogP contribution in [0.4, 0.5) is 0 Å². The molecule has 0 bridgehead atoms. The van der Waals surface area contributed by atoms with Crippen molar-refractivity contribution < 1.29 is 4.79 Å². The molecule has 1 saturated heterocycles. The van der Waals surface area contributed by atoms with Gasteiger partial charge in [0.2, 0.25) is 0 Å². The van der Waals surface area contributed by atoms with Crippen LogP contribution in [0.5, 0.6) is 0 Å². The molecule has 82 valence electrons. The molecular formula is C10H13Cl2N3. The van der Waals surface area contributed by atoms with Crippen LogP contribution >= 0.6 is 24.0 Å². The average molecular weight is 246 g/mol. The van der Waals surface area contributed by atoms with Crippen molar-refractivity contribution in [2.75, 3.05) is 13.1 Å². The topological polar surface area (TPSA) is 39.6 Å². The molecule has 1 fully saturated rings. The monoisotopic (exact) mass is 245 g/mol. The molecule has 2 aliphatic rings. The van der Waals surface area contributed by atoms with Crippen LogP contribution in [0.1, 0.15) is 19.3 Å². The number of nitrogens with zero attached hydrogens (tertiary/aromatic N) is 3. The van der Waals surface area contributed by atoms with Gasteiger partial charge in [-0.1, -0.05) is 11.6 Å². The van der Waals surface area contributed by atoms with Crippen LogP contribution in [0, 0.1) is 0 Å². The lowest BCUT2D eigenvalue weighted by Crippen LogP contribution is -2.20. The van der Waals surface area contributed by atoms with E-state index in [0.717, 1.165) is 23.8 Å². The Balaban J connectivity index is 0.00000112. The standard InChI is InChI=1S/C10H12ClN3.ClH/c11-9-7-8(13-12)3-4-10(9)14-5-1-2-6-14;/h3-4H,1-2,5-7H2;1H. The van der Waals surface area contributed by atoms with Crippen molar-refractivity contribution in [3.05, 3.63) is 28.4 Å². The van der Waals surface area contributed by atoms with E-state index in [-0.39, 0.29) is 12.4 Å². The van der Waals surface area contributed by atoms with Crippen molar-refractivity contribution >= 4 is 29.7 Å². The van der Waals surface area contributed by atoms with E-state index in [1.165, 1.54) is 12.8 Å². The van der Waals surface area contributed by atoms with Crippen molar-refractivity contribution in [1.29, 1.82) is 0 Å². The van der Waals surface area contributed by atoms with Gasteiger partial charge in [-0.2, -0.15) is 4.79 Å². The first-order valence-electron chi connectivity index (χ1n) is 4.84. The molecule has 0 aromatic heterocycles. The van der Waals surface area contributed by atoms with Crippen molar-refractivity contribution in [3.63, 3.8) is 0 Å². The van der Waals surface area contributed by atoms with Gasteiger partial charge in [-0.3, -0.25) is 0 Å². The fraction of sp³-hybridized carbons (Fsp3) is 0.500. The first-order valence-corrected chi connectivity index (χ1v) is 5.21. The number of hydrogen-bond donors (Lipinski definition) is 0. The Morgan fingerprint density at radius 3 is 2.47 bits per heavy atom. The second kappa shape index (κ2) is 5.36. The maximum absolute atomic E-state index is 8.60. The van der Waals surface area contributed by atoms with Gasteiger partial charge < -0.3 is 10.4 Å². The molecule has 0 N–H and O–H groups in total. The summed E-state index contributed by atoms with van der Waals surface area (Å²) in [5.74, 6) is 0. The molecule has 1 aliphatic heterocycles. The molecule has 0 atom stereocenters. The van der Waals surface area contributed by atoms with Gasteiger partial charge in [0, 0.05) is 19.2 Å². The van der Waals surface area contributed by atoms with Gasteiger partial charge in [0.05, 0.1) is 17.2 Å². The van der Waals surface area contributed by atoms with Gasteiger partial charge in [0.25, 0.3) is 5.71 Å². The van der Waals surface area contributed by atoms with E-state index in [9.17, 15) is 0 Å². The largest absolute Gasteiger partial charge is 0.371 e. The number of allylic oxidation sites excluding steroid dienone is 3. The van der Waals surface area contributed by atoms with E-state index in [1.54, 1.807) is 0 Å². The molecule has 2 rings (SSSR count). The minimum atomic E-state index is 0. The highest BCUT2D eigenvalue weighted by Gasteiger charge is 2.21. The van der Waals surface area contributed by atoms with Crippen LogP contribution in [0.2, 0.25) is 0 Å².